The Morgan fingerprint density at radius 3 is 2.73 bits per heavy atom. The second kappa shape index (κ2) is 6.63. The Bertz CT molecular complexity index is 1080. The number of para-hydroxylation sites is 1. The summed E-state index contributed by atoms with van der Waals surface area (Å²) in [5, 5.41) is 20.8. The van der Waals surface area contributed by atoms with E-state index in [0.717, 1.165) is 12.1 Å². The number of nitro benzene ring substituents is 1. The molecule has 0 radical (unpaired) electrons. The van der Waals surface area contributed by atoms with Crippen LogP contribution in [0.4, 0.5) is 5.69 Å². The lowest BCUT2D eigenvalue weighted by atomic mass is 10.1. The summed E-state index contributed by atoms with van der Waals surface area (Å²) >= 11 is 0. The zero-order valence-electron chi connectivity index (χ0n) is 13.7. The first kappa shape index (κ1) is 17.1. The number of rotatable bonds is 4. The maximum absolute atomic E-state index is 12.5. The van der Waals surface area contributed by atoms with Crippen LogP contribution in [0.25, 0.3) is 10.9 Å². The van der Waals surface area contributed by atoms with Gasteiger partial charge in [0.15, 0.2) is 5.75 Å². The van der Waals surface area contributed by atoms with E-state index >= 15 is 0 Å². The number of nitrogens with one attached hydrogen (secondary N) is 1. The fourth-order valence-corrected chi connectivity index (χ4v) is 2.54. The van der Waals surface area contributed by atoms with Gasteiger partial charge in [-0.3, -0.25) is 19.7 Å². The molecule has 2 aromatic carbocycles. The molecular weight excluding hydrogens is 340 g/mol. The van der Waals surface area contributed by atoms with Crippen molar-refractivity contribution in [1.29, 1.82) is 0 Å². The van der Waals surface area contributed by atoms with Crippen LogP contribution in [0.1, 0.15) is 16.2 Å². The van der Waals surface area contributed by atoms with Crippen LogP contribution in [0.2, 0.25) is 0 Å². The van der Waals surface area contributed by atoms with Gasteiger partial charge in [0.25, 0.3) is 11.5 Å². The highest BCUT2D eigenvalue weighted by Crippen LogP contribution is 2.26. The van der Waals surface area contributed by atoms with E-state index in [2.05, 4.69) is 9.97 Å². The number of H-pyrrole nitrogens is 1. The second-order valence-electron chi connectivity index (χ2n) is 5.65. The standard InChI is InChI=1S/C17H14N4O5/c1-20(17(24)10-6-7-13(21(25)26)14(22)8-10)9-15-18-12-5-3-2-4-11(12)16(23)19-15/h2-8,22H,9H2,1H3,(H,18,19,23). The molecule has 9 heteroatoms. The van der Waals surface area contributed by atoms with Crippen molar-refractivity contribution in [3.8, 4) is 5.75 Å². The zero-order chi connectivity index (χ0) is 18.8. The van der Waals surface area contributed by atoms with Gasteiger partial charge in [-0.25, -0.2) is 4.98 Å². The number of benzene rings is 2. The molecule has 2 N–H and O–H groups in total. The molecule has 1 amide bonds. The first-order valence-electron chi connectivity index (χ1n) is 7.57. The highest BCUT2D eigenvalue weighted by atomic mass is 16.6. The van der Waals surface area contributed by atoms with Gasteiger partial charge in [0.2, 0.25) is 0 Å². The van der Waals surface area contributed by atoms with Gasteiger partial charge in [0, 0.05) is 18.7 Å². The van der Waals surface area contributed by atoms with Crippen molar-refractivity contribution in [1.82, 2.24) is 14.9 Å². The van der Waals surface area contributed by atoms with E-state index in [9.17, 15) is 24.8 Å². The first-order valence-corrected chi connectivity index (χ1v) is 7.57. The van der Waals surface area contributed by atoms with Crippen LogP contribution in [-0.2, 0) is 6.54 Å². The summed E-state index contributed by atoms with van der Waals surface area (Å²) < 4.78 is 0. The van der Waals surface area contributed by atoms with Gasteiger partial charge in [-0.05, 0) is 24.3 Å². The first-order chi connectivity index (χ1) is 12.4. The number of phenolic OH excluding ortho intramolecular Hbond substituents is 1. The van der Waals surface area contributed by atoms with E-state index in [1.54, 1.807) is 24.3 Å². The smallest absolute Gasteiger partial charge is 0.310 e. The lowest BCUT2D eigenvalue weighted by Gasteiger charge is -2.17. The highest BCUT2D eigenvalue weighted by molar-refractivity contribution is 5.94. The molecule has 132 valence electrons. The summed E-state index contributed by atoms with van der Waals surface area (Å²) in [6.45, 7) is 0.0245. The number of nitro groups is 1. The van der Waals surface area contributed by atoms with E-state index in [1.165, 1.54) is 18.0 Å². The van der Waals surface area contributed by atoms with E-state index in [4.69, 9.17) is 0 Å². The van der Waals surface area contributed by atoms with Crippen molar-refractivity contribution >= 4 is 22.5 Å². The quantitative estimate of drug-likeness (QED) is 0.543. The van der Waals surface area contributed by atoms with Crippen molar-refractivity contribution < 1.29 is 14.8 Å². The van der Waals surface area contributed by atoms with Crippen LogP contribution in [0, 0.1) is 10.1 Å². The van der Waals surface area contributed by atoms with Crippen LogP contribution in [0.3, 0.4) is 0 Å². The fourth-order valence-electron chi connectivity index (χ4n) is 2.54. The fraction of sp³-hybridized carbons (Fsp3) is 0.118. The number of amides is 1. The Morgan fingerprint density at radius 1 is 1.31 bits per heavy atom. The molecule has 0 atom stereocenters. The molecule has 3 aromatic rings. The van der Waals surface area contributed by atoms with Gasteiger partial charge in [0.05, 0.1) is 22.4 Å². The van der Waals surface area contributed by atoms with E-state index < -0.39 is 22.3 Å². The number of nitrogens with zero attached hydrogens (tertiary/aromatic N) is 3. The Labute approximate surface area is 146 Å². The molecule has 0 saturated heterocycles. The topological polar surface area (TPSA) is 129 Å². The van der Waals surface area contributed by atoms with Gasteiger partial charge >= 0.3 is 5.69 Å². The molecule has 0 saturated carbocycles. The van der Waals surface area contributed by atoms with Gasteiger partial charge in [-0.15, -0.1) is 0 Å². The Morgan fingerprint density at radius 2 is 2.04 bits per heavy atom. The predicted octanol–water partition coefficient (Wildman–Crippen LogP) is 1.81. The summed E-state index contributed by atoms with van der Waals surface area (Å²) in [5.41, 5.74) is -0.192. The largest absolute Gasteiger partial charge is 0.502 e. The maximum Gasteiger partial charge on any atom is 0.310 e. The second-order valence-corrected chi connectivity index (χ2v) is 5.65. The summed E-state index contributed by atoms with van der Waals surface area (Å²) in [4.78, 5) is 42.7. The molecule has 1 aromatic heterocycles. The number of phenols is 1. The van der Waals surface area contributed by atoms with Crippen molar-refractivity contribution in [3.63, 3.8) is 0 Å². The lowest BCUT2D eigenvalue weighted by Crippen LogP contribution is -2.28. The number of carbonyl (C=O) groups excluding carboxylic acids is 1. The van der Waals surface area contributed by atoms with Crippen molar-refractivity contribution in [2.24, 2.45) is 0 Å². The lowest BCUT2D eigenvalue weighted by molar-refractivity contribution is -0.385. The third-order valence-electron chi connectivity index (χ3n) is 3.81. The van der Waals surface area contributed by atoms with Crippen LogP contribution in [-0.4, -0.2) is 37.9 Å². The van der Waals surface area contributed by atoms with Crippen LogP contribution < -0.4 is 5.56 Å². The number of hydrogen-bond donors (Lipinski definition) is 2. The summed E-state index contributed by atoms with van der Waals surface area (Å²) in [6.07, 6.45) is 0. The predicted molar refractivity (Wildman–Crippen MR) is 92.9 cm³/mol. The normalized spacial score (nSPS) is 10.7. The van der Waals surface area contributed by atoms with Gasteiger partial charge < -0.3 is 15.0 Å². The van der Waals surface area contributed by atoms with Gasteiger partial charge in [-0.2, -0.15) is 0 Å². The Kier molecular flexibility index (Phi) is 4.36. The molecule has 0 bridgehead atoms. The zero-order valence-corrected chi connectivity index (χ0v) is 13.7. The van der Waals surface area contributed by atoms with Crippen LogP contribution >= 0.6 is 0 Å². The average molecular weight is 354 g/mol. The Balaban J connectivity index is 1.85. The number of aromatic hydroxyl groups is 1. The minimum atomic E-state index is -0.739. The summed E-state index contributed by atoms with van der Waals surface area (Å²) in [5.74, 6) is -0.770. The molecule has 3 rings (SSSR count). The molecule has 0 aliphatic heterocycles. The maximum atomic E-state index is 12.5. The van der Waals surface area contributed by atoms with E-state index in [-0.39, 0.29) is 17.7 Å². The molecule has 1 heterocycles. The molecular formula is C17H14N4O5. The van der Waals surface area contributed by atoms with Crippen LogP contribution in [0.15, 0.2) is 47.3 Å². The monoisotopic (exact) mass is 354 g/mol. The summed E-state index contributed by atoms with van der Waals surface area (Å²) in [6, 6.07) is 10.2. The van der Waals surface area contributed by atoms with Crippen molar-refractivity contribution in [3.05, 3.63) is 74.3 Å². The van der Waals surface area contributed by atoms with Crippen LogP contribution in [0.5, 0.6) is 5.75 Å². The number of hydrogen-bond acceptors (Lipinski definition) is 6. The van der Waals surface area contributed by atoms with Crippen molar-refractivity contribution in [2.45, 2.75) is 6.54 Å². The van der Waals surface area contributed by atoms with Gasteiger partial charge in [-0.1, -0.05) is 12.1 Å². The minimum Gasteiger partial charge on any atom is -0.502 e. The van der Waals surface area contributed by atoms with Gasteiger partial charge in [0.1, 0.15) is 5.82 Å². The highest BCUT2D eigenvalue weighted by Gasteiger charge is 2.19. The van der Waals surface area contributed by atoms with Crippen molar-refractivity contribution in [2.75, 3.05) is 7.05 Å². The SMILES string of the molecule is CN(Cc1nc2ccccc2c(=O)[nH]1)C(=O)c1ccc([N+](=O)[O-])c(O)c1. The molecule has 0 unspecified atom stereocenters. The average Bonchev–Trinajstić information content (AvgIpc) is 2.60. The molecule has 0 fully saturated rings. The molecule has 0 aliphatic rings. The molecule has 0 spiro atoms. The third-order valence-corrected chi connectivity index (χ3v) is 3.81. The molecule has 9 nitrogen and oxygen atoms in total. The number of aromatic amines is 1. The number of fused-ring (bicyclic) bond motifs is 1. The Hall–Kier alpha value is -3.75. The summed E-state index contributed by atoms with van der Waals surface area (Å²) in [7, 11) is 1.50. The number of aromatic nitrogens is 2. The third kappa shape index (κ3) is 3.22. The van der Waals surface area contributed by atoms with E-state index in [0.29, 0.717) is 16.7 Å². The number of carbonyl (C=O) groups is 1. The molecule has 26 heavy (non-hydrogen) atoms. The molecule has 0 aliphatic carbocycles. The van der Waals surface area contributed by atoms with E-state index in [1.807, 2.05) is 0 Å². The minimum absolute atomic E-state index is 0.0245.